The van der Waals surface area contributed by atoms with Gasteiger partial charge in [0, 0.05) is 16.8 Å². The molecule has 0 radical (unpaired) electrons. The van der Waals surface area contributed by atoms with Gasteiger partial charge >= 0.3 is 6.18 Å². The molecule has 2 nitrogen and oxygen atoms in total. The predicted octanol–water partition coefficient (Wildman–Crippen LogP) is 7.89. The Morgan fingerprint density at radius 3 is 2.17 bits per heavy atom. The van der Waals surface area contributed by atoms with Gasteiger partial charge in [0.05, 0.1) is 32.7 Å². The number of alkyl halides is 3. The number of fused-ring (bicyclic) bond motifs is 6. The third-order valence-corrected chi connectivity index (χ3v) is 8.22. The summed E-state index contributed by atoms with van der Waals surface area (Å²) in [7, 11) is 2.03. The van der Waals surface area contributed by atoms with E-state index in [0.29, 0.717) is 10.9 Å². The summed E-state index contributed by atoms with van der Waals surface area (Å²) in [6.45, 7) is 11.0. The molecule has 178 valence electrons. The van der Waals surface area contributed by atoms with E-state index in [4.69, 9.17) is 0 Å². The largest absolute Gasteiger partial charge is 0.397 e. The summed E-state index contributed by atoms with van der Waals surface area (Å²) in [6, 6.07) is 12.0. The Balaban J connectivity index is 2.10. The molecule has 3 aromatic heterocycles. The fraction of sp³-hybridized carbons (Fsp3) is 0.300. The summed E-state index contributed by atoms with van der Waals surface area (Å²) in [6.07, 6.45) is -2.42. The lowest BCUT2D eigenvalue weighted by molar-refractivity contribution is -0.643. The van der Waals surface area contributed by atoms with Crippen molar-refractivity contribution in [3.63, 3.8) is 0 Å². The fourth-order valence-electron chi connectivity index (χ4n) is 6.10. The first-order valence-electron chi connectivity index (χ1n) is 11.9. The first-order valence-corrected chi connectivity index (χ1v) is 11.9. The average Bonchev–Trinajstić information content (AvgIpc) is 3.12. The SMILES string of the molecule is Cc1cc(C)c2c(c1C)c1c3c(cc[n+]1C)cc(C(C)(C)C(F)(F)F)c1c4c(C)cccc4n2c13. The van der Waals surface area contributed by atoms with Gasteiger partial charge in [-0.1, -0.05) is 18.2 Å². The average molecular weight is 474 g/mol. The first-order chi connectivity index (χ1) is 16.4. The van der Waals surface area contributed by atoms with Crippen LogP contribution in [0, 0.1) is 27.7 Å². The molecule has 6 aromatic rings. The van der Waals surface area contributed by atoms with Crippen LogP contribution in [0.15, 0.2) is 42.6 Å². The van der Waals surface area contributed by atoms with Crippen molar-refractivity contribution in [3.05, 3.63) is 70.4 Å². The van der Waals surface area contributed by atoms with Crippen LogP contribution in [0.4, 0.5) is 13.2 Å². The zero-order chi connectivity index (χ0) is 25.2. The number of pyridine rings is 2. The topological polar surface area (TPSA) is 8.29 Å². The van der Waals surface area contributed by atoms with Crippen LogP contribution < -0.4 is 4.57 Å². The van der Waals surface area contributed by atoms with E-state index in [0.717, 1.165) is 54.7 Å². The molecular weight excluding hydrogens is 445 g/mol. The summed E-state index contributed by atoms with van der Waals surface area (Å²) >= 11 is 0. The molecule has 0 spiro atoms. The van der Waals surface area contributed by atoms with E-state index < -0.39 is 11.6 Å². The van der Waals surface area contributed by atoms with Crippen molar-refractivity contribution in [3.8, 4) is 0 Å². The van der Waals surface area contributed by atoms with Crippen LogP contribution in [0.1, 0.15) is 41.7 Å². The van der Waals surface area contributed by atoms with E-state index in [9.17, 15) is 13.2 Å². The lowest BCUT2D eigenvalue weighted by Gasteiger charge is -2.30. The lowest BCUT2D eigenvalue weighted by Crippen LogP contribution is -2.36. The van der Waals surface area contributed by atoms with Gasteiger partial charge in [-0.05, 0) is 86.9 Å². The van der Waals surface area contributed by atoms with Crippen molar-refractivity contribution in [1.29, 1.82) is 0 Å². The van der Waals surface area contributed by atoms with Gasteiger partial charge in [0.15, 0.2) is 6.20 Å². The number of aryl methyl sites for hydroxylation is 5. The second kappa shape index (κ2) is 6.66. The summed E-state index contributed by atoms with van der Waals surface area (Å²) in [5, 5.41) is 4.63. The smallest absolute Gasteiger partial charge is 0.307 e. The van der Waals surface area contributed by atoms with Crippen molar-refractivity contribution >= 4 is 49.0 Å². The van der Waals surface area contributed by atoms with Gasteiger partial charge in [-0.3, -0.25) is 0 Å². The number of halogens is 3. The van der Waals surface area contributed by atoms with Crippen LogP contribution in [-0.2, 0) is 12.5 Å². The molecule has 0 saturated carbocycles. The number of hydrogen-bond acceptors (Lipinski definition) is 0. The van der Waals surface area contributed by atoms with E-state index >= 15 is 0 Å². The highest BCUT2D eigenvalue weighted by Gasteiger charge is 2.50. The summed E-state index contributed by atoms with van der Waals surface area (Å²) in [5.41, 5.74) is 6.79. The molecule has 0 unspecified atom stereocenters. The number of rotatable bonds is 1. The molecule has 3 heterocycles. The zero-order valence-corrected chi connectivity index (χ0v) is 21.1. The zero-order valence-electron chi connectivity index (χ0n) is 21.1. The second-order valence-electron chi connectivity index (χ2n) is 10.7. The van der Waals surface area contributed by atoms with Crippen molar-refractivity contribution in [2.45, 2.75) is 53.1 Å². The van der Waals surface area contributed by atoms with Crippen molar-refractivity contribution in [2.24, 2.45) is 7.05 Å². The van der Waals surface area contributed by atoms with Gasteiger partial charge in [0.2, 0.25) is 5.52 Å². The lowest BCUT2D eigenvalue weighted by atomic mass is 9.79. The molecule has 0 amide bonds. The van der Waals surface area contributed by atoms with Crippen molar-refractivity contribution in [2.75, 3.05) is 0 Å². The van der Waals surface area contributed by atoms with Crippen LogP contribution in [0.2, 0.25) is 0 Å². The van der Waals surface area contributed by atoms with Crippen molar-refractivity contribution in [1.82, 2.24) is 4.40 Å². The Labute approximate surface area is 201 Å². The highest BCUT2D eigenvalue weighted by Crippen LogP contribution is 2.50. The predicted molar refractivity (Wildman–Crippen MR) is 138 cm³/mol. The summed E-state index contributed by atoms with van der Waals surface area (Å²) in [4.78, 5) is 0. The van der Waals surface area contributed by atoms with Gasteiger partial charge < -0.3 is 4.40 Å². The van der Waals surface area contributed by atoms with E-state index in [1.165, 1.54) is 25.0 Å². The van der Waals surface area contributed by atoms with Crippen LogP contribution in [0.25, 0.3) is 49.0 Å². The quantitative estimate of drug-likeness (QED) is 0.130. The number of hydrogen-bond donors (Lipinski definition) is 0. The Kier molecular flexibility index (Phi) is 4.21. The minimum absolute atomic E-state index is 0.329. The molecule has 3 aromatic carbocycles. The highest BCUT2D eigenvalue weighted by atomic mass is 19.4. The van der Waals surface area contributed by atoms with Gasteiger partial charge in [0.25, 0.3) is 0 Å². The Hall–Kier alpha value is -3.34. The Bertz CT molecular complexity index is 1850. The van der Waals surface area contributed by atoms with Crippen LogP contribution in [0.5, 0.6) is 0 Å². The van der Waals surface area contributed by atoms with E-state index in [-0.39, 0.29) is 0 Å². The van der Waals surface area contributed by atoms with Crippen LogP contribution in [-0.4, -0.2) is 10.6 Å². The van der Waals surface area contributed by atoms with Gasteiger partial charge in [-0.2, -0.15) is 13.2 Å². The monoisotopic (exact) mass is 473 g/mol. The standard InChI is InChI=1S/C30H28F3N2/c1-15-9-8-10-21-22(15)25-20(29(5,6)30(31,32)33)14-19-11-12-34(7)27-23-18(4)16(2)13-17(3)26(23)35(21)28(25)24(19)27/h8-14H,1-7H3/q+1. The van der Waals surface area contributed by atoms with Gasteiger partial charge in [0.1, 0.15) is 7.05 Å². The molecule has 0 aliphatic heterocycles. The Morgan fingerprint density at radius 2 is 1.49 bits per heavy atom. The molecule has 0 atom stereocenters. The molecule has 35 heavy (non-hydrogen) atoms. The summed E-state index contributed by atoms with van der Waals surface area (Å²) < 4.78 is 47.9. The second-order valence-corrected chi connectivity index (χ2v) is 10.7. The molecule has 0 aliphatic rings. The fourth-order valence-corrected chi connectivity index (χ4v) is 6.10. The molecule has 0 fully saturated rings. The van der Waals surface area contributed by atoms with E-state index in [1.54, 1.807) is 6.07 Å². The normalized spacial score (nSPS) is 13.4. The molecule has 6 rings (SSSR count). The van der Waals surface area contributed by atoms with Crippen molar-refractivity contribution < 1.29 is 17.7 Å². The maximum absolute atomic E-state index is 14.5. The summed E-state index contributed by atoms with van der Waals surface area (Å²) in [5.74, 6) is 0. The molecule has 0 saturated heterocycles. The number of benzene rings is 3. The third-order valence-electron chi connectivity index (χ3n) is 8.22. The third kappa shape index (κ3) is 2.59. The van der Waals surface area contributed by atoms with Crippen LogP contribution >= 0.6 is 0 Å². The molecule has 0 aliphatic carbocycles. The highest BCUT2D eigenvalue weighted by molar-refractivity contribution is 6.29. The molecule has 5 heteroatoms. The van der Waals surface area contributed by atoms with E-state index in [1.807, 2.05) is 44.4 Å². The Morgan fingerprint density at radius 1 is 0.771 bits per heavy atom. The molecule has 0 bridgehead atoms. The van der Waals surface area contributed by atoms with Gasteiger partial charge in [-0.25, -0.2) is 4.57 Å². The minimum Gasteiger partial charge on any atom is -0.307 e. The van der Waals surface area contributed by atoms with E-state index in [2.05, 4.69) is 35.8 Å². The van der Waals surface area contributed by atoms with Crippen LogP contribution in [0.3, 0.4) is 0 Å². The van der Waals surface area contributed by atoms with Gasteiger partial charge in [-0.15, -0.1) is 0 Å². The maximum Gasteiger partial charge on any atom is 0.397 e. The maximum atomic E-state index is 14.5. The number of aromatic nitrogens is 2. The molecular formula is C30H28F3N2+. The number of nitrogens with zero attached hydrogens (tertiary/aromatic N) is 2. The minimum atomic E-state index is -4.39. The first kappa shape index (κ1) is 22.1. The molecule has 0 N–H and O–H groups in total.